The number of carbonyl (C=O) groups is 1. The first-order valence-electron chi connectivity index (χ1n) is 7.38. The molecule has 1 aliphatic rings. The van der Waals surface area contributed by atoms with Crippen molar-refractivity contribution in [3.05, 3.63) is 29.8 Å². The highest BCUT2D eigenvalue weighted by Crippen LogP contribution is 2.23. The van der Waals surface area contributed by atoms with E-state index in [-0.39, 0.29) is 5.91 Å². The van der Waals surface area contributed by atoms with Gasteiger partial charge in [0.05, 0.1) is 47.4 Å². The zero-order chi connectivity index (χ0) is 15.9. The van der Waals surface area contributed by atoms with Gasteiger partial charge in [-0.05, 0) is 23.8 Å². The molecule has 0 aliphatic carbocycles. The van der Waals surface area contributed by atoms with Crippen molar-refractivity contribution in [1.82, 2.24) is 10.4 Å². The van der Waals surface area contributed by atoms with Gasteiger partial charge in [-0.25, -0.2) is 5.01 Å². The number of nitrogens with zero attached hydrogens (tertiary/aromatic N) is 1. The van der Waals surface area contributed by atoms with Crippen LogP contribution in [0.3, 0.4) is 0 Å². The number of hydrazine groups is 1. The molecule has 22 heavy (non-hydrogen) atoms. The molecular formula is C16H24N3O3+. The third-order valence-electron chi connectivity index (χ3n) is 3.69. The summed E-state index contributed by atoms with van der Waals surface area (Å²) in [5.74, 6) is 1.27. The predicted molar refractivity (Wildman–Crippen MR) is 84.9 cm³/mol. The summed E-state index contributed by atoms with van der Waals surface area (Å²) in [5.41, 5.74) is 3.75. The average Bonchev–Trinajstić information content (AvgIpc) is 2.54. The van der Waals surface area contributed by atoms with E-state index in [2.05, 4.69) is 12.5 Å². The number of piperazine rings is 1. The van der Waals surface area contributed by atoms with E-state index >= 15 is 0 Å². The molecule has 2 rings (SSSR count). The predicted octanol–water partition coefficient (Wildman–Crippen LogP) is -0.421. The monoisotopic (exact) mass is 306 g/mol. The van der Waals surface area contributed by atoms with Crippen LogP contribution in [-0.4, -0.2) is 58.4 Å². The second kappa shape index (κ2) is 7.82. The summed E-state index contributed by atoms with van der Waals surface area (Å²) in [4.78, 5) is 13.5. The second-order valence-electron chi connectivity index (χ2n) is 5.40. The summed E-state index contributed by atoms with van der Waals surface area (Å²) in [5, 5.41) is 1.96. The lowest BCUT2D eigenvalue weighted by Crippen LogP contribution is -3.12. The fourth-order valence-corrected chi connectivity index (χ4v) is 2.29. The van der Waals surface area contributed by atoms with Crippen molar-refractivity contribution in [1.29, 1.82) is 0 Å². The maximum Gasteiger partial charge on any atom is 0.258 e. The third-order valence-corrected chi connectivity index (χ3v) is 3.69. The van der Waals surface area contributed by atoms with Crippen LogP contribution in [0.1, 0.15) is 5.56 Å². The second-order valence-corrected chi connectivity index (χ2v) is 5.40. The van der Waals surface area contributed by atoms with Gasteiger partial charge in [-0.2, -0.15) is 0 Å². The molecule has 1 heterocycles. The molecule has 0 saturated carbocycles. The Morgan fingerprint density at radius 2 is 1.77 bits per heavy atom. The summed E-state index contributed by atoms with van der Waals surface area (Å²) in [6, 6.07) is 5.50. The third kappa shape index (κ3) is 4.75. The Morgan fingerprint density at radius 1 is 1.18 bits per heavy atom. The van der Waals surface area contributed by atoms with Crippen molar-refractivity contribution in [2.24, 2.45) is 0 Å². The normalized spacial score (nSPS) is 16.7. The summed E-state index contributed by atoms with van der Waals surface area (Å²) in [6.07, 6.45) is 3.28. The number of likely N-dealkylation sites (N-methyl/N-ethyl adjacent to an activating group) is 1. The Hall–Kier alpha value is -2.05. The van der Waals surface area contributed by atoms with Crippen LogP contribution in [0.15, 0.2) is 24.3 Å². The van der Waals surface area contributed by atoms with Gasteiger partial charge >= 0.3 is 0 Å². The van der Waals surface area contributed by atoms with E-state index in [9.17, 15) is 4.79 Å². The first-order chi connectivity index (χ1) is 10.6. The highest BCUT2D eigenvalue weighted by Gasteiger charge is 2.17. The Morgan fingerprint density at radius 3 is 2.32 bits per heavy atom. The number of hydrogen-bond donors (Lipinski definition) is 2. The van der Waals surface area contributed by atoms with Gasteiger partial charge < -0.3 is 14.4 Å². The fourth-order valence-electron chi connectivity index (χ4n) is 2.29. The first-order valence-corrected chi connectivity index (χ1v) is 7.38. The van der Waals surface area contributed by atoms with Crippen molar-refractivity contribution in [2.45, 2.75) is 0 Å². The maximum absolute atomic E-state index is 12.0. The quantitative estimate of drug-likeness (QED) is 0.726. The van der Waals surface area contributed by atoms with Crippen molar-refractivity contribution in [3.8, 4) is 11.5 Å². The zero-order valence-corrected chi connectivity index (χ0v) is 13.4. The number of quaternary nitrogens is 1. The van der Waals surface area contributed by atoms with Crippen LogP contribution in [0.2, 0.25) is 0 Å². The molecule has 2 N–H and O–H groups in total. The Kier molecular flexibility index (Phi) is 5.80. The van der Waals surface area contributed by atoms with Gasteiger partial charge in [0.2, 0.25) is 0 Å². The van der Waals surface area contributed by atoms with Crippen LogP contribution in [-0.2, 0) is 4.79 Å². The first kappa shape index (κ1) is 16.3. The fraction of sp³-hybridized carbons (Fsp3) is 0.438. The molecule has 1 amide bonds. The molecular weight excluding hydrogens is 282 g/mol. The minimum absolute atomic E-state index is 0.124. The topological polar surface area (TPSA) is 55.2 Å². The number of nitrogens with one attached hydrogen (secondary N) is 2. The van der Waals surface area contributed by atoms with Crippen molar-refractivity contribution < 1.29 is 19.2 Å². The molecule has 6 heteroatoms. The molecule has 1 aromatic carbocycles. The van der Waals surface area contributed by atoms with Crippen LogP contribution >= 0.6 is 0 Å². The van der Waals surface area contributed by atoms with Crippen LogP contribution in [0.25, 0.3) is 6.08 Å². The van der Waals surface area contributed by atoms with Gasteiger partial charge in [0.1, 0.15) is 11.5 Å². The molecule has 1 aliphatic heterocycles. The number of hydrogen-bond acceptors (Lipinski definition) is 4. The maximum atomic E-state index is 12.0. The van der Waals surface area contributed by atoms with Gasteiger partial charge in [0.25, 0.3) is 5.91 Å². The van der Waals surface area contributed by atoms with E-state index in [0.717, 1.165) is 31.7 Å². The largest absolute Gasteiger partial charge is 0.497 e. The molecule has 0 radical (unpaired) electrons. The number of methoxy groups -OCH3 is 2. The lowest BCUT2D eigenvalue weighted by molar-refractivity contribution is -0.884. The van der Waals surface area contributed by atoms with E-state index in [1.54, 1.807) is 26.4 Å². The SMILES string of the molecule is COc1cc(/C=C/C(=O)NN2CC[NH+](C)CC2)cc(OC)c1. The molecule has 0 unspecified atom stereocenters. The number of rotatable bonds is 5. The van der Waals surface area contributed by atoms with Gasteiger partial charge in [0, 0.05) is 12.1 Å². The number of carbonyl (C=O) groups excluding carboxylic acids is 1. The Bertz CT molecular complexity index is 515. The average molecular weight is 306 g/mol. The van der Waals surface area contributed by atoms with Gasteiger partial charge in [-0.15, -0.1) is 0 Å². The van der Waals surface area contributed by atoms with Crippen LogP contribution in [0, 0.1) is 0 Å². The molecule has 0 atom stereocenters. The Labute approximate surface area is 131 Å². The zero-order valence-electron chi connectivity index (χ0n) is 13.4. The highest BCUT2D eigenvalue weighted by atomic mass is 16.5. The van der Waals surface area contributed by atoms with Gasteiger partial charge in [-0.3, -0.25) is 10.2 Å². The van der Waals surface area contributed by atoms with Crippen LogP contribution in [0.4, 0.5) is 0 Å². The highest BCUT2D eigenvalue weighted by molar-refractivity contribution is 5.91. The van der Waals surface area contributed by atoms with E-state index < -0.39 is 0 Å². The molecule has 1 aromatic rings. The lowest BCUT2D eigenvalue weighted by atomic mass is 10.2. The van der Waals surface area contributed by atoms with Crippen molar-refractivity contribution in [3.63, 3.8) is 0 Å². The Balaban J connectivity index is 1.94. The molecule has 120 valence electrons. The van der Waals surface area contributed by atoms with E-state index in [0.29, 0.717) is 11.5 Å². The van der Waals surface area contributed by atoms with Gasteiger partial charge in [-0.1, -0.05) is 0 Å². The van der Waals surface area contributed by atoms with Gasteiger partial charge in [0.15, 0.2) is 0 Å². The number of amides is 1. The lowest BCUT2D eigenvalue weighted by Gasteiger charge is -2.29. The smallest absolute Gasteiger partial charge is 0.258 e. The minimum atomic E-state index is -0.124. The number of benzene rings is 1. The molecule has 0 bridgehead atoms. The molecule has 0 aromatic heterocycles. The molecule has 6 nitrogen and oxygen atoms in total. The van der Waals surface area contributed by atoms with E-state index in [1.807, 2.05) is 17.1 Å². The molecule has 1 fully saturated rings. The van der Waals surface area contributed by atoms with Crippen LogP contribution < -0.4 is 19.8 Å². The standard InChI is InChI=1S/C16H23N3O3/c1-18-6-8-19(9-7-18)17-16(20)5-4-13-10-14(21-2)12-15(11-13)22-3/h4-5,10-12H,6-9H2,1-3H3,(H,17,20)/p+1/b5-4+. The molecule has 0 spiro atoms. The van der Waals surface area contributed by atoms with Crippen molar-refractivity contribution >= 4 is 12.0 Å². The minimum Gasteiger partial charge on any atom is -0.497 e. The number of ether oxygens (including phenoxy) is 2. The van der Waals surface area contributed by atoms with E-state index in [1.165, 1.54) is 11.0 Å². The summed E-state index contributed by atoms with van der Waals surface area (Å²) >= 11 is 0. The summed E-state index contributed by atoms with van der Waals surface area (Å²) in [6.45, 7) is 3.82. The van der Waals surface area contributed by atoms with Crippen LogP contribution in [0.5, 0.6) is 11.5 Å². The summed E-state index contributed by atoms with van der Waals surface area (Å²) in [7, 11) is 5.36. The molecule has 1 saturated heterocycles. The summed E-state index contributed by atoms with van der Waals surface area (Å²) < 4.78 is 10.4. The van der Waals surface area contributed by atoms with Crippen molar-refractivity contribution in [2.75, 3.05) is 47.4 Å². The van der Waals surface area contributed by atoms with E-state index in [4.69, 9.17) is 9.47 Å².